The van der Waals surface area contributed by atoms with Crippen LogP contribution in [0.3, 0.4) is 0 Å². The van der Waals surface area contributed by atoms with Crippen LogP contribution in [0.1, 0.15) is 16.7 Å². The van der Waals surface area contributed by atoms with Gasteiger partial charge in [-0.15, -0.1) is 0 Å². The van der Waals surface area contributed by atoms with Gasteiger partial charge >= 0.3 is 0 Å². The van der Waals surface area contributed by atoms with Crippen molar-refractivity contribution in [1.29, 1.82) is 0 Å². The zero-order chi connectivity index (χ0) is 24.0. The Morgan fingerprint density at radius 2 is 1.31 bits per heavy atom. The summed E-state index contributed by atoms with van der Waals surface area (Å²) >= 11 is 13.9. The van der Waals surface area contributed by atoms with Crippen LogP contribution in [-0.2, 0) is 13.2 Å². The number of hydrogen-bond acceptors (Lipinski definition) is 5. The van der Waals surface area contributed by atoms with Crippen LogP contribution in [0, 0.1) is 0 Å². The zero-order valence-corrected chi connectivity index (χ0v) is 21.1. The van der Waals surface area contributed by atoms with Gasteiger partial charge in [0.25, 0.3) is 0 Å². The predicted molar refractivity (Wildman–Crippen MR) is 146 cm³/mol. The third-order valence-corrected chi connectivity index (χ3v) is 7.06. The van der Waals surface area contributed by atoms with Crippen LogP contribution in [0.15, 0.2) is 102 Å². The molecule has 4 nitrogen and oxygen atoms in total. The quantitative estimate of drug-likeness (QED) is 0.235. The van der Waals surface area contributed by atoms with E-state index in [0.717, 1.165) is 38.9 Å². The molecular weight excluding hydrogens is 499 g/mol. The van der Waals surface area contributed by atoms with Gasteiger partial charge in [-0.05, 0) is 41.5 Å². The molecule has 0 spiro atoms. The van der Waals surface area contributed by atoms with Gasteiger partial charge in [-0.25, -0.2) is 0 Å². The van der Waals surface area contributed by atoms with E-state index in [0.29, 0.717) is 29.1 Å². The molecule has 5 rings (SSSR count). The van der Waals surface area contributed by atoms with Gasteiger partial charge in [0.05, 0.1) is 21.6 Å². The average Bonchev–Trinajstić information content (AvgIpc) is 3.40. The molecule has 0 fully saturated rings. The summed E-state index contributed by atoms with van der Waals surface area (Å²) in [5.41, 5.74) is 4.02. The fraction of sp³-hybridized carbons (Fsp3) is 0.107. The minimum Gasteiger partial charge on any atom is -0.489 e. The lowest BCUT2D eigenvalue weighted by atomic mass is 10.2. The maximum absolute atomic E-state index is 6.21. The van der Waals surface area contributed by atoms with E-state index in [4.69, 9.17) is 37.8 Å². The van der Waals surface area contributed by atoms with Gasteiger partial charge in [-0.3, -0.25) is 5.01 Å². The Bertz CT molecular complexity index is 1270. The van der Waals surface area contributed by atoms with Crippen molar-refractivity contribution in [1.82, 2.24) is 0 Å². The van der Waals surface area contributed by atoms with E-state index >= 15 is 0 Å². The smallest absolute Gasteiger partial charge is 0.126 e. The van der Waals surface area contributed by atoms with Crippen molar-refractivity contribution >= 4 is 45.7 Å². The van der Waals surface area contributed by atoms with E-state index in [-0.39, 0.29) is 0 Å². The highest BCUT2D eigenvalue weighted by molar-refractivity contribution is 8.14. The van der Waals surface area contributed by atoms with Crippen LogP contribution in [0.2, 0.25) is 10.0 Å². The number of halogens is 2. The van der Waals surface area contributed by atoms with Gasteiger partial charge in [0, 0.05) is 11.6 Å². The average molecular weight is 521 g/mol. The minimum atomic E-state index is 0.470. The van der Waals surface area contributed by atoms with Crippen molar-refractivity contribution in [3.8, 4) is 11.5 Å². The van der Waals surface area contributed by atoms with Crippen molar-refractivity contribution in [2.45, 2.75) is 13.2 Å². The Kier molecular flexibility index (Phi) is 7.48. The monoisotopic (exact) mass is 520 g/mol. The summed E-state index contributed by atoms with van der Waals surface area (Å²) in [6.07, 6.45) is 0. The van der Waals surface area contributed by atoms with E-state index in [9.17, 15) is 0 Å². The lowest BCUT2D eigenvalue weighted by Crippen LogP contribution is -2.10. The molecular formula is C28H22Cl2N2O2S. The molecule has 0 unspecified atom stereocenters. The van der Waals surface area contributed by atoms with Crippen LogP contribution < -0.4 is 14.5 Å². The van der Waals surface area contributed by atoms with Crippen molar-refractivity contribution in [3.63, 3.8) is 0 Å². The van der Waals surface area contributed by atoms with Crippen molar-refractivity contribution in [2.75, 3.05) is 10.9 Å². The van der Waals surface area contributed by atoms with Gasteiger partial charge in [-0.1, -0.05) is 95.6 Å². The molecule has 1 aliphatic heterocycles. The molecule has 35 heavy (non-hydrogen) atoms. The number of nitrogens with zero attached hydrogens (tertiary/aromatic N) is 2. The molecule has 0 atom stereocenters. The Hall–Kier alpha value is -3.12. The van der Waals surface area contributed by atoms with Crippen LogP contribution in [0.5, 0.6) is 11.5 Å². The van der Waals surface area contributed by atoms with Gasteiger partial charge in [0.15, 0.2) is 0 Å². The molecule has 0 bridgehead atoms. The van der Waals surface area contributed by atoms with Gasteiger partial charge in [0.2, 0.25) is 0 Å². The van der Waals surface area contributed by atoms with Crippen molar-refractivity contribution in [2.24, 2.45) is 5.10 Å². The fourth-order valence-corrected chi connectivity index (χ4v) is 4.74. The second-order valence-electron chi connectivity index (χ2n) is 7.92. The first-order chi connectivity index (χ1) is 17.1. The first kappa shape index (κ1) is 23.6. The number of rotatable bonds is 8. The second kappa shape index (κ2) is 11.1. The SMILES string of the molecule is Clc1ccc(N2CSC(c3cc(OCc4ccccc4)cc(OCc4ccccc4)c3)=N2)cc1Cl. The Morgan fingerprint density at radius 1 is 0.714 bits per heavy atom. The fourth-order valence-electron chi connectivity index (χ4n) is 3.55. The van der Waals surface area contributed by atoms with E-state index in [1.807, 2.05) is 96.0 Å². The number of ether oxygens (including phenoxy) is 2. The largest absolute Gasteiger partial charge is 0.489 e. The highest BCUT2D eigenvalue weighted by Crippen LogP contribution is 2.34. The summed E-state index contributed by atoms with van der Waals surface area (Å²) in [6.45, 7) is 0.939. The molecule has 0 aliphatic carbocycles. The van der Waals surface area contributed by atoms with Gasteiger partial charge in [-0.2, -0.15) is 5.10 Å². The van der Waals surface area contributed by atoms with Gasteiger partial charge < -0.3 is 9.47 Å². The van der Waals surface area contributed by atoms with Crippen LogP contribution >= 0.6 is 35.0 Å². The maximum Gasteiger partial charge on any atom is 0.126 e. The van der Waals surface area contributed by atoms with Crippen LogP contribution in [0.4, 0.5) is 5.69 Å². The van der Waals surface area contributed by atoms with Crippen molar-refractivity contribution < 1.29 is 9.47 Å². The standard InChI is InChI=1S/C28H22Cl2N2O2S/c29-26-12-11-23(15-27(26)30)32-19-35-28(31-32)22-13-24(33-17-20-7-3-1-4-8-20)16-25(14-22)34-18-21-9-5-2-6-10-21/h1-16H,17-19H2. The summed E-state index contributed by atoms with van der Waals surface area (Å²) in [4.78, 5) is 0. The molecule has 0 N–H and O–H groups in total. The van der Waals surface area contributed by atoms with Crippen molar-refractivity contribution in [3.05, 3.63) is 124 Å². The third kappa shape index (κ3) is 6.12. The number of thioether (sulfide) groups is 1. The molecule has 0 amide bonds. The normalized spacial score (nSPS) is 13.0. The Balaban J connectivity index is 1.40. The molecule has 1 aliphatic rings. The molecule has 1 heterocycles. The summed E-state index contributed by atoms with van der Waals surface area (Å²) in [5, 5.41) is 8.63. The van der Waals surface area contributed by atoms with Gasteiger partial charge in [0.1, 0.15) is 29.8 Å². The number of anilines is 1. The van der Waals surface area contributed by atoms with E-state index in [1.165, 1.54) is 0 Å². The molecule has 0 radical (unpaired) electrons. The molecule has 4 aromatic carbocycles. The summed E-state index contributed by atoms with van der Waals surface area (Å²) in [7, 11) is 0. The summed E-state index contributed by atoms with van der Waals surface area (Å²) in [5.74, 6) is 2.12. The summed E-state index contributed by atoms with van der Waals surface area (Å²) < 4.78 is 12.3. The maximum atomic E-state index is 6.21. The number of hydrazone groups is 1. The first-order valence-corrected chi connectivity index (χ1v) is 12.8. The number of hydrogen-bond donors (Lipinski definition) is 0. The molecule has 0 saturated carbocycles. The van der Waals surface area contributed by atoms with Crippen LogP contribution in [-0.4, -0.2) is 10.9 Å². The lowest BCUT2D eigenvalue weighted by Gasteiger charge is -2.13. The van der Waals surface area contributed by atoms with Crippen LogP contribution in [0.25, 0.3) is 0 Å². The lowest BCUT2D eigenvalue weighted by molar-refractivity contribution is 0.290. The molecule has 0 aromatic heterocycles. The van der Waals surface area contributed by atoms with E-state index in [1.54, 1.807) is 17.8 Å². The topological polar surface area (TPSA) is 34.1 Å². The molecule has 4 aromatic rings. The molecule has 7 heteroatoms. The number of benzene rings is 4. The molecule has 0 saturated heterocycles. The first-order valence-electron chi connectivity index (χ1n) is 11.1. The van der Waals surface area contributed by atoms with E-state index in [2.05, 4.69) is 0 Å². The predicted octanol–water partition coefficient (Wildman–Crippen LogP) is 8.02. The third-order valence-electron chi connectivity index (χ3n) is 5.36. The van der Waals surface area contributed by atoms with E-state index < -0.39 is 0 Å². The zero-order valence-electron chi connectivity index (χ0n) is 18.7. The summed E-state index contributed by atoms with van der Waals surface area (Å²) in [6, 6.07) is 31.6. The minimum absolute atomic E-state index is 0.470. The Labute approximate surface area is 219 Å². The highest BCUT2D eigenvalue weighted by Gasteiger charge is 2.20. The highest BCUT2D eigenvalue weighted by atomic mass is 35.5. The second-order valence-corrected chi connectivity index (χ2v) is 9.67. The Morgan fingerprint density at radius 3 is 1.89 bits per heavy atom. The molecule has 176 valence electrons.